The Morgan fingerprint density at radius 1 is 1.23 bits per heavy atom. The van der Waals surface area contributed by atoms with E-state index in [1.165, 1.54) is 16.7 Å². The first kappa shape index (κ1) is 20.1. The number of nitrogens with zero attached hydrogens (tertiary/aromatic N) is 5. The molecule has 0 atom stereocenters. The highest BCUT2D eigenvalue weighted by Crippen LogP contribution is 2.16. The van der Waals surface area contributed by atoms with Gasteiger partial charge in [0.2, 0.25) is 10.5 Å². The van der Waals surface area contributed by atoms with Gasteiger partial charge in [-0.3, -0.25) is 18.7 Å². The molecular weight excluding hydrogens is 408 g/mol. The summed E-state index contributed by atoms with van der Waals surface area (Å²) in [7, 11) is 1.78. The number of hydrogen-bond acceptors (Lipinski definition) is 4. The summed E-state index contributed by atoms with van der Waals surface area (Å²) >= 11 is 5.64. The first-order valence-electron chi connectivity index (χ1n) is 9.25. The molecular formula is C21H19F2N5OS. The summed E-state index contributed by atoms with van der Waals surface area (Å²) < 4.78 is 32.4. The van der Waals surface area contributed by atoms with Gasteiger partial charge in [0.15, 0.2) is 0 Å². The average Bonchev–Trinajstić information content (AvgIpc) is 3.03. The first-order chi connectivity index (χ1) is 14.4. The summed E-state index contributed by atoms with van der Waals surface area (Å²) in [5.74, 6) is -0.815. The normalized spacial score (nSPS) is 11.6. The van der Waals surface area contributed by atoms with Gasteiger partial charge in [0.1, 0.15) is 11.6 Å². The molecule has 2 heterocycles. The minimum absolute atomic E-state index is 0.174. The highest BCUT2D eigenvalue weighted by atomic mass is 32.1. The third-order valence-corrected chi connectivity index (χ3v) is 5.22. The standard InChI is InChI=1S/C21H19F2N5OS/c1-3-10-26-19(29)16-6-4-5-7-18(16)28-20(26)24-27(21(28)30)13-25(2)12-14-8-9-15(22)11-17(14)23/h3-9,11H,1,10,12-13H2,2H3. The molecule has 0 saturated carbocycles. The van der Waals surface area contributed by atoms with Crippen molar-refractivity contribution in [1.29, 1.82) is 0 Å². The molecule has 0 aliphatic heterocycles. The van der Waals surface area contributed by atoms with E-state index in [4.69, 9.17) is 12.2 Å². The SMILES string of the molecule is C=CCn1c(=O)c2ccccc2n2c(=S)n(CN(C)Cc3ccc(F)cc3F)nc12. The maximum absolute atomic E-state index is 14.0. The molecule has 4 aromatic rings. The number of aromatic nitrogens is 4. The Kier molecular flexibility index (Phi) is 5.31. The van der Waals surface area contributed by atoms with Crippen molar-refractivity contribution >= 4 is 28.9 Å². The number of para-hydroxylation sites is 1. The van der Waals surface area contributed by atoms with E-state index in [0.717, 1.165) is 6.07 Å². The number of allylic oxidation sites excluding steroid dienone is 1. The molecule has 0 spiro atoms. The van der Waals surface area contributed by atoms with E-state index >= 15 is 0 Å². The van der Waals surface area contributed by atoms with E-state index in [9.17, 15) is 13.6 Å². The molecule has 2 aromatic heterocycles. The van der Waals surface area contributed by atoms with Crippen LogP contribution >= 0.6 is 12.2 Å². The van der Waals surface area contributed by atoms with Gasteiger partial charge in [-0.25, -0.2) is 13.5 Å². The highest BCUT2D eigenvalue weighted by molar-refractivity contribution is 7.71. The van der Waals surface area contributed by atoms with Crippen LogP contribution in [-0.2, 0) is 19.8 Å². The molecule has 30 heavy (non-hydrogen) atoms. The molecule has 2 aromatic carbocycles. The lowest BCUT2D eigenvalue weighted by molar-refractivity contribution is 0.241. The molecule has 0 unspecified atom stereocenters. The summed E-state index contributed by atoms with van der Waals surface area (Å²) in [6, 6.07) is 10.7. The van der Waals surface area contributed by atoms with E-state index < -0.39 is 11.6 Å². The van der Waals surface area contributed by atoms with Gasteiger partial charge < -0.3 is 0 Å². The predicted molar refractivity (Wildman–Crippen MR) is 114 cm³/mol. The molecule has 0 aliphatic rings. The Morgan fingerprint density at radius 2 is 2.00 bits per heavy atom. The van der Waals surface area contributed by atoms with Crippen molar-refractivity contribution in [2.24, 2.45) is 0 Å². The third kappa shape index (κ3) is 3.46. The van der Waals surface area contributed by atoms with Crippen molar-refractivity contribution < 1.29 is 8.78 Å². The van der Waals surface area contributed by atoms with Crippen molar-refractivity contribution in [3.8, 4) is 0 Å². The lowest BCUT2D eigenvalue weighted by atomic mass is 10.2. The first-order valence-corrected chi connectivity index (χ1v) is 9.66. The number of hydrogen-bond donors (Lipinski definition) is 0. The van der Waals surface area contributed by atoms with Crippen molar-refractivity contribution in [2.75, 3.05) is 7.05 Å². The van der Waals surface area contributed by atoms with Crippen molar-refractivity contribution in [2.45, 2.75) is 19.8 Å². The van der Waals surface area contributed by atoms with E-state index in [0.29, 0.717) is 27.0 Å². The molecule has 4 rings (SSSR count). The number of benzene rings is 2. The zero-order valence-corrected chi connectivity index (χ0v) is 17.1. The van der Waals surface area contributed by atoms with Crippen LogP contribution in [-0.4, -0.2) is 30.7 Å². The topological polar surface area (TPSA) is 47.5 Å². The molecule has 0 fully saturated rings. The summed E-state index contributed by atoms with van der Waals surface area (Å²) in [6.45, 7) is 4.51. The second-order valence-corrected chi connectivity index (χ2v) is 7.40. The molecule has 0 radical (unpaired) electrons. The van der Waals surface area contributed by atoms with Crippen molar-refractivity contribution in [3.05, 3.63) is 87.4 Å². The Morgan fingerprint density at radius 3 is 2.73 bits per heavy atom. The van der Waals surface area contributed by atoms with Crippen LogP contribution in [0.15, 0.2) is 59.9 Å². The Hall–Kier alpha value is -3.17. The van der Waals surface area contributed by atoms with Crippen molar-refractivity contribution in [3.63, 3.8) is 0 Å². The molecule has 154 valence electrons. The Labute approximate surface area is 175 Å². The van der Waals surface area contributed by atoms with Gasteiger partial charge in [-0.15, -0.1) is 11.7 Å². The molecule has 6 nitrogen and oxygen atoms in total. The average molecular weight is 427 g/mol. The Balaban J connectivity index is 1.78. The number of rotatable bonds is 6. The second-order valence-electron chi connectivity index (χ2n) is 7.03. The van der Waals surface area contributed by atoms with E-state index in [-0.39, 0.29) is 25.3 Å². The van der Waals surface area contributed by atoms with Gasteiger partial charge in [-0.1, -0.05) is 24.3 Å². The summed E-state index contributed by atoms with van der Waals surface area (Å²) in [6.07, 6.45) is 1.63. The summed E-state index contributed by atoms with van der Waals surface area (Å²) in [5, 5.41) is 5.09. The van der Waals surface area contributed by atoms with Crippen LogP contribution in [0.2, 0.25) is 0 Å². The largest absolute Gasteiger partial charge is 0.283 e. The smallest absolute Gasteiger partial charge is 0.263 e. The molecule has 0 amide bonds. The fraction of sp³-hybridized carbons (Fsp3) is 0.190. The van der Waals surface area contributed by atoms with Crippen LogP contribution in [0, 0.1) is 16.4 Å². The molecule has 9 heteroatoms. The predicted octanol–water partition coefficient (Wildman–Crippen LogP) is 3.73. The van der Waals surface area contributed by atoms with Crippen molar-refractivity contribution in [1.82, 2.24) is 23.6 Å². The number of halogens is 2. The van der Waals surface area contributed by atoms with Gasteiger partial charge >= 0.3 is 0 Å². The Bertz CT molecular complexity index is 1390. The minimum atomic E-state index is -0.617. The van der Waals surface area contributed by atoms with Gasteiger partial charge in [-0.05, 0) is 37.5 Å². The molecule has 0 bridgehead atoms. The fourth-order valence-corrected chi connectivity index (χ4v) is 3.75. The zero-order valence-electron chi connectivity index (χ0n) is 16.3. The maximum Gasteiger partial charge on any atom is 0.263 e. The fourth-order valence-electron chi connectivity index (χ4n) is 3.47. The van der Waals surface area contributed by atoms with E-state index in [1.807, 2.05) is 12.1 Å². The minimum Gasteiger partial charge on any atom is -0.283 e. The quantitative estimate of drug-likeness (QED) is 0.348. The van der Waals surface area contributed by atoms with Crippen LogP contribution < -0.4 is 5.56 Å². The molecule has 0 saturated heterocycles. The summed E-state index contributed by atoms with van der Waals surface area (Å²) in [4.78, 5) is 14.7. The lowest BCUT2D eigenvalue weighted by Gasteiger charge is -2.16. The van der Waals surface area contributed by atoms with E-state index in [2.05, 4.69) is 11.7 Å². The number of fused-ring (bicyclic) bond motifs is 3. The van der Waals surface area contributed by atoms with Crippen LogP contribution in [0.5, 0.6) is 0 Å². The van der Waals surface area contributed by atoms with Crippen LogP contribution in [0.25, 0.3) is 16.7 Å². The highest BCUT2D eigenvalue weighted by Gasteiger charge is 2.16. The lowest BCUT2D eigenvalue weighted by Crippen LogP contribution is -2.23. The maximum atomic E-state index is 14.0. The monoisotopic (exact) mass is 427 g/mol. The zero-order chi connectivity index (χ0) is 21.4. The molecule has 0 N–H and O–H groups in total. The third-order valence-electron chi connectivity index (χ3n) is 4.83. The van der Waals surface area contributed by atoms with Crippen LogP contribution in [0.3, 0.4) is 0 Å². The van der Waals surface area contributed by atoms with Gasteiger partial charge in [0.25, 0.3) is 5.56 Å². The van der Waals surface area contributed by atoms with Gasteiger partial charge in [0, 0.05) is 24.7 Å². The molecule has 0 aliphatic carbocycles. The van der Waals surface area contributed by atoms with Crippen LogP contribution in [0.1, 0.15) is 5.56 Å². The van der Waals surface area contributed by atoms with E-state index in [1.54, 1.807) is 39.2 Å². The van der Waals surface area contributed by atoms with Gasteiger partial charge in [0.05, 0.1) is 17.6 Å². The van der Waals surface area contributed by atoms with Crippen LogP contribution in [0.4, 0.5) is 8.78 Å². The van der Waals surface area contributed by atoms with Gasteiger partial charge in [-0.2, -0.15) is 0 Å². The second kappa shape index (κ2) is 7.92. The summed E-state index contributed by atoms with van der Waals surface area (Å²) in [5.41, 5.74) is 0.858.